The van der Waals surface area contributed by atoms with E-state index in [0.717, 1.165) is 12.1 Å². The fraction of sp³-hybridized carbons (Fsp3) is 0.211. The van der Waals surface area contributed by atoms with E-state index in [1.54, 1.807) is 12.1 Å². The van der Waals surface area contributed by atoms with E-state index in [1.165, 1.54) is 39.5 Å². The summed E-state index contributed by atoms with van der Waals surface area (Å²) in [5.41, 5.74) is -0.227. The Morgan fingerprint density at radius 2 is 1.62 bits per heavy atom. The van der Waals surface area contributed by atoms with E-state index in [2.05, 4.69) is 0 Å². The fourth-order valence-electron chi connectivity index (χ4n) is 2.36. The number of halogens is 3. The zero-order chi connectivity index (χ0) is 19.3. The number of alkyl halides is 3. The number of hydrogen-bond acceptors (Lipinski definition) is 4. The number of nitrogens with zero attached hydrogens (tertiary/aromatic N) is 1. The number of rotatable bonds is 5. The van der Waals surface area contributed by atoms with Crippen LogP contribution in [0.1, 0.15) is 16.7 Å². The number of allylic oxidation sites excluding steroid dienone is 1. The molecule has 0 spiro atoms. The van der Waals surface area contributed by atoms with Crippen molar-refractivity contribution >= 4 is 11.6 Å². The molecule has 0 bridgehead atoms. The molecule has 0 aliphatic heterocycles. The lowest BCUT2D eigenvalue weighted by atomic mass is 10.0. The molecule has 136 valence electrons. The number of ether oxygens (including phenoxy) is 3. The van der Waals surface area contributed by atoms with E-state index < -0.39 is 11.7 Å². The second kappa shape index (κ2) is 7.83. The van der Waals surface area contributed by atoms with Crippen molar-refractivity contribution in [3.05, 3.63) is 53.1 Å². The molecule has 4 nitrogen and oxygen atoms in total. The molecule has 0 aliphatic rings. The minimum absolute atomic E-state index is 0.0397. The van der Waals surface area contributed by atoms with Crippen molar-refractivity contribution in [1.82, 2.24) is 0 Å². The highest BCUT2D eigenvalue weighted by Crippen LogP contribution is 2.37. The zero-order valence-corrected chi connectivity index (χ0v) is 14.3. The second-order valence-electron chi connectivity index (χ2n) is 5.19. The molecule has 2 aromatic rings. The lowest BCUT2D eigenvalue weighted by Gasteiger charge is -2.13. The molecule has 0 atom stereocenters. The summed E-state index contributed by atoms with van der Waals surface area (Å²) in [5.74, 6) is 1.20. The summed E-state index contributed by atoms with van der Waals surface area (Å²) >= 11 is 0. The third kappa shape index (κ3) is 4.09. The summed E-state index contributed by atoms with van der Waals surface area (Å²) in [5, 5.41) is 9.46. The van der Waals surface area contributed by atoms with Crippen LogP contribution in [-0.4, -0.2) is 21.3 Å². The number of benzene rings is 2. The molecule has 0 fully saturated rings. The molecule has 2 rings (SSSR count). The normalized spacial score (nSPS) is 11.7. The van der Waals surface area contributed by atoms with Gasteiger partial charge >= 0.3 is 6.18 Å². The highest BCUT2D eigenvalue weighted by Gasteiger charge is 2.30. The Kier molecular flexibility index (Phi) is 5.78. The molecule has 0 N–H and O–H groups in total. The molecule has 0 radical (unpaired) electrons. The molecule has 0 saturated carbocycles. The minimum atomic E-state index is -4.49. The zero-order valence-electron chi connectivity index (χ0n) is 14.3. The molecule has 26 heavy (non-hydrogen) atoms. The molecular formula is C19H16F3NO3. The number of nitriles is 1. The highest BCUT2D eigenvalue weighted by atomic mass is 19.4. The van der Waals surface area contributed by atoms with Gasteiger partial charge < -0.3 is 14.2 Å². The maximum Gasteiger partial charge on any atom is 0.416 e. The van der Waals surface area contributed by atoms with E-state index in [1.807, 2.05) is 6.07 Å². The molecule has 2 aromatic carbocycles. The molecule has 0 amide bonds. The topological polar surface area (TPSA) is 51.5 Å². The lowest BCUT2D eigenvalue weighted by Crippen LogP contribution is -2.05. The average Bonchev–Trinajstić information content (AvgIpc) is 2.64. The van der Waals surface area contributed by atoms with Crippen LogP contribution in [0.3, 0.4) is 0 Å². The third-order valence-corrected chi connectivity index (χ3v) is 3.66. The molecule has 0 saturated heterocycles. The van der Waals surface area contributed by atoms with E-state index in [-0.39, 0.29) is 11.1 Å². The highest BCUT2D eigenvalue weighted by molar-refractivity contribution is 5.92. The van der Waals surface area contributed by atoms with Crippen LogP contribution in [0.4, 0.5) is 13.2 Å². The molecule has 0 aromatic heterocycles. The van der Waals surface area contributed by atoms with Crippen LogP contribution >= 0.6 is 0 Å². The van der Waals surface area contributed by atoms with Crippen molar-refractivity contribution in [2.24, 2.45) is 0 Å². The lowest BCUT2D eigenvalue weighted by molar-refractivity contribution is -0.137. The Bertz CT molecular complexity index is 842. The van der Waals surface area contributed by atoms with Crippen molar-refractivity contribution in [1.29, 1.82) is 5.26 Å². The Labute approximate surface area is 149 Å². The van der Waals surface area contributed by atoms with Gasteiger partial charge in [0.2, 0.25) is 0 Å². The van der Waals surface area contributed by atoms with Gasteiger partial charge in [-0.25, -0.2) is 0 Å². The SMILES string of the molecule is COc1cc(OC)c(/C=C(\C#N)c2cccc(C(F)(F)F)c2)c(OC)c1. The van der Waals surface area contributed by atoms with Crippen LogP contribution in [0.2, 0.25) is 0 Å². The summed E-state index contributed by atoms with van der Waals surface area (Å²) < 4.78 is 54.5. The van der Waals surface area contributed by atoms with E-state index >= 15 is 0 Å². The quantitative estimate of drug-likeness (QED) is 0.566. The Hall–Kier alpha value is -3.14. The van der Waals surface area contributed by atoms with Crippen LogP contribution in [-0.2, 0) is 6.18 Å². The van der Waals surface area contributed by atoms with Crippen molar-refractivity contribution in [3.63, 3.8) is 0 Å². The van der Waals surface area contributed by atoms with Gasteiger partial charge in [-0.15, -0.1) is 0 Å². The molecule has 7 heteroatoms. The van der Waals surface area contributed by atoms with Crippen molar-refractivity contribution in [3.8, 4) is 23.3 Å². The van der Waals surface area contributed by atoms with Crippen LogP contribution in [0, 0.1) is 11.3 Å². The van der Waals surface area contributed by atoms with Crippen molar-refractivity contribution < 1.29 is 27.4 Å². The average molecular weight is 363 g/mol. The largest absolute Gasteiger partial charge is 0.496 e. The van der Waals surface area contributed by atoms with Gasteiger partial charge in [-0.05, 0) is 23.8 Å². The Morgan fingerprint density at radius 1 is 1.00 bits per heavy atom. The predicted octanol–water partition coefficient (Wildman–Crippen LogP) is 4.80. The third-order valence-electron chi connectivity index (χ3n) is 3.66. The first kappa shape index (κ1) is 19.2. The summed E-state index contributed by atoms with van der Waals surface area (Å²) in [7, 11) is 4.34. The van der Waals surface area contributed by atoms with Gasteiger partial charge in [0, 0.05) is 12.1 Å². The van der Waals surface area contributed by atoms with E-state index in [4.69, 9.17) is 14.2 Å². The van der Waals surface area contributed by atoms with Gasteiger partial charge in [0.05, 0.1) is 44.1 Å². The summed E-state index contributed by atoms with van der Waals surface area (Å²) in [6, 6.07) is 9.69. The van der Waals surface area contributed by atoms with Gasteiger partial charge in [0.1, 0.15) is 17.2 Å². The van der Waals surface area contributed by atoms with Crippen LogP contribution in [0.15, 0.2) is 36.4 Å². The monoisotopic (exact) mass is 363 g/mol. The maximum absolute atomic E-state index is 12.9. The standard InChI is InChI=1S/C19H16F3NO3/c1-24-15-9-17(25-2)16(18(10-15)26-3)8-13(11-23)12-5-4-6-14(7-12)19(20,21)22/h4-10H,1-3H3/b13-8+. The summed E-state index contributed by atoms with van der Waals surface area (Å²) in [4.78, 5) is 0. The maximum atomic E-state index is 12.9. The molecule has 0 aliphatic carbocycles. The molecule has 0 unspecified atom stereocenters. The van der Waals surface area contributed by atoms with Gasteiger partial charge in [-0.3, -0.25) is 0 Å². The van der Waals surface area contributed by atoms with Crippen LogP contribution in [0.5, 0.6) is 17.2 Å². The van der Waals surface area contributed by atoms with Crippen LogP contribution < -0.4 is 14.2 Å². The van der Waals surface area contributed by atoms with Crippen LogP contribution in [0.25, 0.3) is 11.6 Å². The van der Waals surface area contributed by atoms with Crippen molar-refractivity contribution in [2.75, 3.05) is 21.3 Å². The molecular weight excluding hydrogens is 347 g/mol. The summed E-state index contributed by atoms with van der Waals surface area (Å²) in [6.07, 6.45) is -3.07. The van der Waals surface area contributed by atoms with Gasteiger partial charge in [-0.1, -0.05) is 12.1 Å². The number of hydrogen-bond donors (Lipinski definition) is 0. The summed E-state index contributed by atoms with van der Waals surface area (Å²) in [6.45, 7) is 0. The second-order valence-corrected chi connectivity index (χ2v) is 5.19. The Morgan fingerprint density at radius 3 is 2.08 bits per heavy atom. The van der Waals surface area contributed by atoms with E-state index in [0.29, 0.717) is 22.8 Å². The minimum Gasteiger partial charge on any atom is -0.496 e. The van der Waals surface area contributed by atoms with Gasteiger partial charge in [0.15, 0.2) is 0 Å². The van der Waals surface area contributed by atoms with E-state index in [9.17, 15) is 18.4 Å². The number of methoxy groups -OCH3 is 3. The first-order chi connectivity index (χ1) is 12.3. The molecule has 0 heterocycles. The van der Waals surface area contributed by atoms with Gasteiger partial charge in [-0.2, -0.15) is 18.4 Å². The van der Waals surface area contributed by atoms with Crippen molar-refractivity contribution in [2.45, 2.75) is 6.18 Å². The smallest absolute Gasteiger partial charge is 0.416 e. The fourth-order valence-corrected chi connectivity index (χ4v) is 2.36. The predicted molar refractivity (Wildman–Crippen MR) is 91.0 cm³/mol. The first-order valence-corrected chi connectivity index (χ1v) is 7.43. The Balaban J connectivity index is 2.62. The first-order valence-electron chi connectivity index (χ1n) is 7.43. The van der Waals surface area contributed by atoms with Gasteiger partial charge in [0.25, 0.3) is 0 Å².